The predicted octanol–water partition coefficient (Wildman–Crippen LogP) is 4.36. The molecule has 6 nitrogen and oxygen atoms in total. The molecule has 0 fully saturated rings. The van der Waals surface area contributed by atoms with Gasteiger partial charge < -0.3 is 9.47 Å². The van der Waals surface area contributed by atoms with Crippen molar-refractivity contribution in [2.24, 2.45) is 0 Å². The fourth-order valence-electron chi connectivity index (χ4n) is 3.14. The lowest BCUT2D eigenvalue weighted by Gasteiger charge is -2.14. The maximum Gasteiger partial charge on any atom is 0.172 e. The van der Waals surface area contributed by atoms with Crippen molar-refractivity contribution in [1.82, 2.24) is 13.9 Å². The molecule has 0 spiro atoms. The molecular weight excluding hydrogens is 386 g/mol. The van der Waals surface area contributed by atoms with Crippen molar-refractivity contribution in [3.63, 3.8) is 0 Å². The summed E-state index contributed by atoms with van der Waals surface area (Å²) in [6, 6.07) is 5.90. The molecule has 3 rings (SSSR count). The van der Waals surface area contributed by atoms with E-state index in [1.165, 1.54) is 0 Å². The van der Waals surface area contributed by atoms with E-state index in [1.54, 1.807) is 16.4 Å². The van der Waals surface area contributed by atoms with Crippen LogP contribution in [0.2, 0.25) is 0 Å². The lowest BCUT2D eigenvalue weighted by atomic mass is 10.1. The van der Waals surface area contributed by atoms with Gasteiger partial charge in [0.25, 0.3) is 0 Å². The standard InChI is InChI=1S/C22H29N3O3S/c1-7-16(4)27-10-11-28-20-8-9-23-21(17(20)5)22-24-18-12-14(2)15(3)13-19(18)25(22)29(6)26/h8-9,12-13,16H,7,10-11H2,1-6H3. The zero-order valence-corrected chi connectivity index (χ0v) is 18.8. The summed E-state index contributed by atoms with van der Waals surface area (Å²) in [4.78, 5) is 9.30. The molecule has 2 unspecified atom stereocenters. The molecule has 156 valence electrons. The van der Waals surface area contributed by atoms with Crippen molar-refractivity contribution in [1.29, 1.82) is 0 Å². The van der Waals surface area contributed by atoms with Gasteiger partial charge in [0, 0.05) is 18.0 Å². The molecule has 1 aromatic carbocycles. The first-order chi connectivity index (χ1) is 13.8. The van der Waals surface area contributed by atoms with E-state index < -0.39 is 11.0 Å². The highest BCUT2D eigenvalue weighted by Gasteiger charge is 2.20. The molecule has 0 aliphatic rings. The van der Waals surface area contributed by atoms with Crippen molar-refractivity contribution in [3.8, 4) is 17.3 Å². The third-order valence-corrected chi connectivity index (χ3v) is 6.05. The van der Waals surface area contributed by atoms with E-state index in [-0.39, 0.29) is 6.10 Å². The van der Waals surface area contributed by atoms with E-state index in [0.29, 0.717) is 24.7 Å². The van der Waals surface area contributed by atoms with Gasteiger partial charge in [0.1, 0.15) is 29.0 Å². The number of hydrogen-bond donors (Lipinski definition) is 0. The molecule has 0 N–H and O–H groups in total. The van der Waals surface area contributed by atoms with Crippen LogP contribution in [0.4, 0.5) is 0 Å². The van der Waals surface area contributed by atoms with E-state index in [2.05, 4.69) is 25.8 Å². The van der Waals surface area contributed by atoms with Crippen LogP contribution in [0.3, 0.4) is 0 Å². The summed E-state index contributed by atoms with van der Waals surface area (Å²) in [5, 5.41) is 0. The Morgan fingerprint density at radius 2 is 1.90 bits per heavy atom. The molecule has 2 aromatic heterocycles. The third-order valence-electron chi connectivity index (χ3n) is 5.17. The van der Waals surface area contributed by atoms with E-state index in [9.17, 15) is 4.21 Å². The molecule has 0 aliphatic carbocycles. The average Bonchev–Trinajstić information content (AvgIpc) is 3.04. The monoisotopic (exact) mass is 415 g/mol. The predicted molar refractivity (Wildman–Crippen MR) is 118 cm³/mol. The van der Waals surface area contributed by atoms with Crippen LogP contribution in [0.25, 0.3) is 22.6 Å². The number of aromatic nitrogens is 3. The number of nitrogens with zero attached hydrogens (tertiary/aromatic N) is 3. The molecule has 0 saturated carbocycles. The molecule has 2 atom stereocenters. The maximum atomic E-state index is 12.6. The van der Waals surface area contributed by atoms with Gasteiger partial charge in [-0.2, -0.15) is 0 Å². The van der Waals surface area contributed by atoms with Crippen LogP contribution in [0.5, 0.6) is 5.75 Å². The topological polar surface area (TPSA) is 66.2 Å². The van der Waals surface area contributed by atoms with Gasteiger partial charge in [-0.3, -0.25) is 4.98 Å². The average molecular weight is 416 g/mol. The summed E-state index contributed by atoms with van der Waals surface area (Å²) in [6.45, 7) is 11.2. The fraction of sp³-hybridized carbons (Fsp3) is 0.455. The lowest BCUT2D eigenvalue weighted by molar-refractivity contribution is 0.0425. The molecule has 0 bridgehead atoms. The van der Waals surface area contributed by atoms with Crippen molar-refractivity contribution in [2.75, 3.05) is 19.5 Å². The van der Waals surface area contributed by atoms with Crippen LogP contribution in [0.1, 0.15) is 37.0 Å². The Balaban J connectivity index is 1.97. The molecule has 0 radical (unpaired) electrons. The lowest BCUT2D eigenvalue weighted by Crippen LogP contribution is -2.14. The van der Waals surface area contributed by atoms with Gasteiger partial charge in [0.15, 0.2) is 5.82 Å². The molecule has 0 amide bonds. The summed E-state index contributed by atoms with van der Waals surface area (Å²) in [6.07, 6.45) is 4.55. The summed E-state index contributed by atoms with van der Waals surface area (Å²) in [7, 11) is -1.27. The van der Waals surface area contributed by atoms with Gasteiger partial charge in [0.05, 0.1) is 23.7 Å². The van der Waals surface area contributed by atoms with Crippen LogP contribution in [-0.4, -0.2) is 43.7 Å². The molecule has 3 aromatic rings. The van der Waals surface area contributed by atoms with Gasteiger partial charge in [-0.25, -0.2) is 13.2 Å². The summed E-state index contributed by atoms with van der Waals surface area (Å²) >= 11 is 0. The Morgan fingerprint density at radius 3 is 2.59 bits per heavy atom. The number of aryl methyl sites for hydroxylation is 2. The molecule has 29 heavy (non-hydrogen) atoms. The van der Waals surface area contributed by atoms with Gasteiger partial charge in [-0.05, 0) is 63.4 Å². The molecule has 2 heterocycles. The Labute approximate surface area is 174 Å². The van der Waals surface area contributed by atoms with E-state index in [4.69, 9.17) is 14.5 Å². The van der Waals surface area contributed by atoms with Gasteiger partial charge in [-0.15, -0.1) is 0 Å². The number of rotatable bonds is 8. The molecule has 0 aliphatic heterocycles. The van der Waals surface area contributed by atoms with Gasteiger partial charge >= 0.3 is 0 Å². The molecule has 7 heteroatoms. The minimum Gasteiger partial charge on any atom is -0.491 e. The Hall–Kier alpha value is -2.25. The zero-order chi connectivity index (χ0) is 21.1. The summed E-state index contributed by atoms with van der Waals surface area (Å²) in [5.41, 5.74) is 5.49. The third kappa shape index (κ3) is 4.51. The summed E-state index contributed by atoms with van der Waals surface area (Å²) < 4.78 is 25.9. The van der Waals surface area contributed by atoms with E-state index in [1.807, 2.05) is 32.0 Å². The smallest absolute Gasteiger partial charge is 0.172 e. The first kappa shape index (κ1) is 21.5. The van der Waals surface area contributed by atoms with Gasteiger partial charge in [-0.1, -0.05) is 6.92 Å². The molecule has 0 saturated heterocycles. The van der Waals surface area contributed by atoms with Gasteiger partial charge in [0.2, 0.25) is 0 Å². The Morgan fingerprint density at radius 1 is 1.17 bits per heavy atom. The first-order valence-electron chi connectivity index (χ1n) is 9.87. The number of benzene rings is 1. The normalized spacial score (nSPS) is 13.6. The number of fused-ring (bicyclic) bond motifs is 1. The van der Waals surface area contributed by atoms with Crippen molar-refractivity contribution in [2.45, 2.75) is 47.1 Å². The van der Waals surface area contributed by atoms with Crippen LogP contribution in [0.15, 0.2) is 24.4 Å². The van der Waals surface area contributed by atoms with Crippen LogP contribution in [0, 0.1) is 20.8 Å². The second-order valence-electron chi connectivity index (χ2n) is 7.30. The fourth-order valence-corrected chi connectivity index (χ4v) is 3.93. The maximum absolute atomic E-state index is 12.6. The highest BCUT2D eigenvalue weighted by atomic mass is 32.2. The van der Waals surface area contributed by atoms with Crippen LogP contribution in [-0.2, 0) is 15.7 Å². The van der Waals surface area contributed by atoms with E-state index >= 15 is 0 Å². The largest absolute Gasteiger partial charge is 0.491 e. The highest BCUT2D eigenvalue weighted by molar-refractivity contribution is 7.83. The van der Waals surface area contributed by atoms with Crippen molar-refractivity contribution in [3.05, 3.63) is 41.1 Å². The quantitative estimate of drug-likeness (QED) is 0.512. The van der Waals surface area contributed by atoms with Crippen LogP contribution < -0.4 is 4.74 Å². The van der Waals surface area contributed by atoms with E-state index in [0.717, 1.165) is 39.9 Å². The zero-order valence-electron chi connectivity index (χ0n) is 18.0. The Kier molecular flexibility index (Phi) is 6.70. The number of imidazole rings is 1. The van der Waals surface area contributed by atoms with Crippen molar-refractivity contribution < 1.29 is 13.7 Å². The number of ether oxygens (including phenoxy) is 2. The Bertz CT molecular complexity index is 1050. The number of hydrogen-bond acceptors (Lipinski definition) is 5. The first-order valence-corrected chi connectivity index (χ1v) is 11.4. The van der Waals surface area contributed by atoms with Crippen molar-refractivity contribution >= 4 is 22.0 Å². The van der Waals surface area contributed by atoms with Crippen LogP contribution >= 0.6 is 0 Å². The summed E-state index contributed by atoms with van der Waals surface area (Å²) in [5.74, 6) is 1.32. The SMILES string of the molecule is CCC(C)OCCOc1ccnc(-c2nc3cc(C)c(C)cc3n2S(C)=O)c1C. The highest BCUT2D eigenvalue weighted by Crippen LogP contribution is 2.31. The second-order valence-corrected chi connectivity index (χ2v) is 8.51. The second kappa shape index (κ2) is 9.05. The number of pyridine rings is 1. The molecular formula is C22H29N3O3S. The minimum atomic E-state index is -1.27. The minimum absolute atomic E-state index is 0.221.